The molecular formula is C44H36N2O2. The van der Waals surface area contributed by atoms with Crippen LogP contribution in [-0.2, 0) is 22.7 Å². The minimum absolute atomic E-state index is 0.545. The molecule has 4 nitrogen and oxygen atoms in total. The van der Waals surface area contributed by atoms with E-state index < -0.39 is 0 Å². The van der Waals surface area contributed by atoms with Crippen LogP contribution < -0.4 is 0 Å². The molecule has 0 radical (unpaired) electrons. The highest BCUT2D eigenvalue weighted by Gasteiger charge is 2.15. The van der Waals surface area contributed by atoms with Gasteiger partial charge in [-0.3, -0.25) is 0 Å². The third kappa shape index (κ3) is 5.31. The average Bonchev–Trinajstić information content (AvgIpc) is 3.64. The molecule has 8 rings (SSSR count). The summed E-state index contributed by atoms with van der Waals surface area (Å²) in [6.07, 6.45) is 3.57. The predicted molar refractivity (Wildman–Crippen MR) is 200 cm³/mol. The van der Waals surface area contributed by atoms with E-state index in [4.69, 9.17) is 9.47 Å². The van der Waals surface area contributed by atoms with Crippen molar-refractivity contribution < 1.29 is 9.47 Å². The summed E-state index contributed by atoms with van der Waals surface area (Å²) in [4.78, 5) is 0. The summed E-state index contributed by atoms with van der Waals surface area (Å²) in [6.45, 7) is 9.74. The van der Waals surface area contributed by atoms with Gasteiger partial charge >= 0.3 is 0 Å². The minimum Gasteiger partial charge on any atom is -0.373 e. The van der Waals surface area contributed by atoms with Crippen molar-refractivity contribution >= 4 is 43.6 Å². The van der Waals surface area contributed by atoms with Crippen molar-refractivity contribution in [3.05, 3.63) is 170 Å². The normalized spacial score (nSPS) is 11.6. The first-order chi connectivity index (χ1) is 23.7. The van der Waals surface area contributed by atoms with Crippen molar-refractivity contribution in [1.29, 1.82) is 0 Å². The summed E-state index contributed by atoms with van der Waals surface area (Å²) in [5, 5.41) is 4.93. The van der Waals surface area contributed by atoms with Gasteiger partial charge in [0.1, 0.15) is 0 Å². The molecule has 234 valence electrons. The van der Waals surface area contributed by atoms with Crippen molar-refractivity contribution in [2.75, 3.05) is 13.2 Å². The van der Waals surface area contributed by atoms with Crippen molar-refractivity contribution in [3.8, 4) is 22.5 Å². The van der Waals surface area contributed by atoms with E-state index in [1.165, 1.54) is 54.7 Å². The van der Waals surface area contributed by atoms with Gasteiger partial charge in [-0.05, 0) is 82.9 Å². The van der Waals surface area contributed by atoms with Crippen LogP contribution in [0.4, 0.5) is 0 Å². The van der Waals surface area contributed by atoms with Crippen molar-refractivity contribution in [3.63, 3.8) is 0 Å². The minimum atomic E-state index is 0.545. The Balaban J connectivity index is 1.12. The number of ether oxygens (including phenoxy) is 2. The highest BCUT2D eigenvalue weighted by atomic mass is 16.5. The Morgan fingerprint density at radius 2 is 0.833 bits per heavy atom. The Morgan fingerprint density at radius 3 is 1.25 bits per heavy atom. The zero-order valence-electron chi connectivity index (χ0n) is 26.8. The maximum absolute atomic E-state index is 5.73. The second kappa shape index (κ2) is 12.8. The highest BCUT2D eigenvalue weighted by molar-refractivity contribution is 6.10. The Labute approximate surface area is 280 Å². The van der Waals surface area contributed by atoms with Gasteiger partial charge in [-0.25, -0.2) is 0 Å². The Kier molecular flexibility index (Phi) is 7.95. The summed E-state index contributed by atoms with van der Waals surface area (Å²) < 4.78 is 16.2. The van der Waals surface area contributed by atoms with Crippen molar-refractivity contribution in [2.45, 2.75) is 13.2 Å². The fourth-order valence-corrected chi connectivity index (χ4v) is 6.90. The molecule has 0 atom stereocenters. The molecule has 0 aliphatic carbocycles. The topological polar surface area (TPSA) is 28.3 Å². The number of hydrogen-bond acceptors (Lipinski definition) is 2. The molecule has 48 heavy (non-hydrogen) atoms. The van der Waals surface area contributed by atoms with E-state index in [9.17, 15) is 0 Å². The zero-order chi connectivity index (χ0) is 32.5. The molecule has 2 aromatic heterocycles. The van der Waals surface area contributed by atoms with E-state index in [1.807, 2.05) is 0 Å². The van der Waals surface area contributed by atoms with Crippen LogP contribution in [0.2, 0.25) is 0 Å². The van der Waals surface area contributed by atoms with Gasteiger partial charge in [-0.2, -0.15) is 0 Å². The van der Waals surface area contributed by atoms with Gasteiger partial charge in [0.15, 0.2) is 0 Å². The molecule has 0 unspecified atom stereocenters. The quantitative estimate of drug-likeness (QED) is 0.106. The first-order valence-corrected chi connectivity index (χ1v) is 16.4. The van der Waals surface area contributed by atoms with Gasteiger partial charge in [0.2, 0.25) is 0 Å². The number of benzene rings is 6. The Hall–Kier alpha value is -5.68. The fraction of sp³-hybridized carbons (Fsp3) is 0.0909. The molecule has 0 aliphatic heterocycles. The van der Waals surface area contributed by atoms with E-state index >= 15 is 0 Å². The van der Waals surface area contributed by atoms with Crippen LogP contribution >= 0.6 is 0 Å². The number of hydrogen-bond donors (Lipinski definition) is 0. The van der Waals surface area contributed by atoms with Crippen LogP contribution in [0.5, 0.6) is 0 Å². The molecule has 6 aromatic carbocycles. The number of para-hydroxylation sites is 2. The zero-order valence-corrected chi connectivity index (χ0v) is 26.8. The third-order valence-corrected chi connectivity index (χ3v) is 9.07. The fourth-order valence-electron chi connectivity index (χ4n) is 6.90. The lowest BCUT2D eigenvalue weighted by Crippen LogP contribution is -1.96. The van der Waals surface area contributed by atoms with E-state index in [0.29, 0.717) is 26.4 Å². The van der Waals surface area contributed by atoms with Crippen LogP contribution in [0.1, 0.15) is 11.1 Å². The van der Waals surface area contributed by atoms with Gasteiger partial charge < -0.3 is 18.6 Å². The van der Waals surface area contributed by atoms with Crippen LogP contribution in [0.25, 0.3) is 66.1 Å². The van der Waals surface area contributed by atoms with Gasteiger partial charge in [0, 0.05) is 32.9 Å². The molecule has 0 amide bonds. The monoisotopic (exact) mass is 624 g/mol. The molecule has 0 N–H and O–H groups in total. The maximum Gasteiger partial charge on any atom is 0.0721 e. The molecule has 4 heteroatoms. The first-order valence-electron chi connectivity index (χ1n) is 16.4. The summed E-state index contributed by atoms with van der Waals surface area (Å²) >= 11 is 0. The van der Waals surface area contributed by atoms with Crippen LogP contribution in [0, 0.1) is 0 Å². The molecule has 0 saturated heterocycles. The second-order valence-electron chi connectivity index (χ2n) is 12.1. The van der Waals surface area contributed by atoms with Crippen molar-refractivity contribution in [1.82, 2.24) is 9.13 Å². The summed E-state index contributed by atoms with van der Waals surface area (Å²) in [5.74, 6) is 0. The largest absolute Gasteiger partial charge is 0.373 e. The molecule has 0 saturated carbocycles. The van der Waals surface area contributed by atoms with Gasteiger partial charge in [0.25, 0.3) is 0 Å². The molecule has 8 aromatic rings. The Bertz CT molecular complexity index is 2260. The maximum atomic E-state index is 5.73. The lowest BCUT2D eigenvalue weighted by Gasteiger charge is -2.11. The summed E-state index contributed by atoms with van der Waals surface area (Å²) in [7, 11) is 0. The molecule has 0 spiro atoms. The Morgan fingerprint density at radius 1 is 0.438 bits per heavy atom. The first kappa shape index (κ1) is 29.7. The van der Waals surface area contributed by atoms with Gasteiger partial charge in [0.05, 0.1) is 48.5 Å². The molecular weight excluding hydrogens is 588 g/mol. The van der Waals surface area contributed by atoms with E-state index in [2.05, 4.69) is 156 Å². The molecule has 2 heterocycles. The highest BCUT2D eigenvalue weighted by Crippen LogP contribution is 2.35. The van der Waals surface area contributed by atoms with Crippen molar-refractivity contribution in [2.24, 2.45) is 0 Å². The average molecular weight is 625 g/mol. The van der Waals surface area contributed by atoms with Crippen LogP contribution in [0.15, 0.2) is 159 Å². The second-order valence-corrected chi connectivity index (χ2v) is 12.1. The van der Waals surface area contributed by atoms with Gasteiger partial charge in [-0.1, -0.05) is 84.9 Å². The van der Waals surface area contributed by atoms with E-state index in [1.54, 1.807) is 12.2 Å². The number of aromatic nitrogens is 2. The van der Waals surface area contributed by atoms with E-state index in [0.717, 1.165) is 22.5 Å². The lowest BCUT2D eigenvalue weighted by molar-refractivity contribution is 0.149. The third-order valence-electron chi connectivity index (χ3n) is 9.07. The molecule has 0 fully saturated rings. The SMILES string of the molecule is C=CCOCc1ccc2c(c1)c1ccccc1n2-c1ccc(-c2ccc(-n3c4ccccc4c4cc(COCC=C)ccc43)cc2)cc1. The van der Waals surface area contributed by atoms with E-state index in [-0.39, 0.29) is 0 Å². The number of nitrogens with zero attached hydrogens (tertiary/aromatic N) is 2. The lowest BCUT2D eigenvalue weighted by atomic mass is 10.0. The van der Waals surface area contributed by atoms with Crippen LogP contribution in [-0.4, -0.2) is 22.3 Å². The summed E-state index contributed by atoms with van der Waals surface area (Å²) in [5.41, 5.74) is 11.7. The smallest absolute Gasteiger partial charge is 0.0721 e. The predicted octanol–water partition coefficient (Wildman–Crippen LogP) is 11.0. The molecule has 0 aliphatic rings. The van der Waals surface area contributed by atoms with Crippen LogP contribution in [0.3, 0.4) is 0 Å². The summed E-state index contributed by atoms with van der Waals surface area (Å²) in [6, 6.07) is 48.2. The van der Waals surface area contributed by atoms with Gasteiger partial charge in [-0.15, -0.1) is 13.2 Å². The number of fused-ring (bicyclic) bond motifs is 6. The standard InChI is InChI=1S/C44H36N2O2/c1-3-25-47-29-31-13-23-43-39(27-31)37-9-5-7-11-41(37)45(43)35-19-15-33(16-20-35)34-17-21-36(22-18-34)46-42-12-8-6-10-38(42)40-28-32(14-24-44(40)46)30-48-26-4-2/h3-24,27-28H,1-2,25-26,29-30H2. The number of rotatable bonds is 11. The molecule has 0 bridgehead atoms.